The molecule has 1 aromatic carbocycles. The maximum atomic E-state index is 12.2. The van der Waals surface area contributed by atoms with Gasteiger partial charge in [-0.15, -0.1) is 0 Å². The molecule has 22 heavy (non-hydrogen) atoms. The molecular formula is C16H22N4O2. The largest absolute Gasteiger partial charge is 0.361 e. The lowest BCUT2D eigenvalue weighted by molar-refractivity contribution is -0.132. The Hall–Kier alpha value is -2.34. The van der Waals surface area contributed by atoms with Gasteiger partial charge in [-0.25, -0.2) is 0 Å². The summed E-state index contributed by atoms with van der Waals surface area (Å²) < 4.78 is 0. The standard InChI is InChI=1S/C16H22N4O2/c1-16(2,15(22)18-3)20-14(21)12(17)8-10-9-19-13-7-5-4-6-11(10)13/h4-7,9,12,19H,8,17H2,1-3H3,(H,18,22)(H,20,21)/t12-/m1/s1. The van der Waals surface area contributed by atoms with E-state index in [0.29, 0.717) is 6.42 Å². The Kier molecular flexibility index (Phi) is 4.51. The Morgan fingerprint density at radius 3 is 2.68 bits per heavy atom. The number of amides is 2. The van der Waals surface area contributed by atoms with Gasteiger partial charge in [0, 0.05) is 24.1 Å². The van der Waals surface area contributed by atoms with Crippen molar-refractivity contribution < 1.29 is 9.59 Å². The number of nitrogens with one attached hydrogen (secondary N) is 3. The fraction of sp³-hybridized carbons (Fsp3) is 0.375. The number of benzene rings is 1. The third-order valence-corrected chi connectivity index (χ3v) is 3.68. The number of H-pyrrole nitrogens is 1. The maximum absolute atomic E-state index is 12.2. The molecule has 0 saturated carbocycles. The van der Waals surface area contributed by atoms with E-state index in [1.165, 1.54) is 7.05 Å². The highest BCUT2D eigenvalue weighted by atomic mass is 16.2. The quantitative estimate of drug-likeness (QED) is 0.653. The predicted octanol–water partition coefficient (Wildman–Crippen LogP) is 0.679. The van der Waals surface area contributed by atoms with E-state index in [2.05, 4.69) is 15.6 Å². The van der Waals surface area contributed by atoms with Crippen LogP contribution in [0.4, 0.5) is 0 Å². The second kappa shape index (κ2) is 6.19. The van der Waals surface area contributed by atoms with Gasteiger partial charge in [0.05, 0.1) is 6.04 Å². The van der Waals surface area contributed by atoms with Gasteiger partial charge >= 0.3 is 0 Å². The van der Waals surface area contributed by atoms with Crippen LogP contribution in [-0.2, 0) is 16.0 Å². The third kappa shape index (κ3) is 3.28. The number of likely N-dealkylation sites (N-methyl/N-ethyl adjacent to an activating group) is 1. The summed E-state index contributed by atoms with van der Waals surface area (Å²) in [6, 6.07) is 7.13. The molecule has 1 atom stereocenters. The molecule has 118 valence electrons. The number of para-hydroxylation sites is 1. The Morgan fingerprint density at radius 2 is 2.00 bits per heavy atom. The lowest BCUT2D eigenvalue weighted by Gasteiger charge is -2.26. The van der Waals surface area contributed by atoms with E-state index >= 15 is 0 Å². The molecule has 0 saturated heterocycles. The molecule has 0 aliphatic rings. The molecule has 2 rings (SSSR count). The number of aromatic amines is 1. The zero-order chi connectivity index (χ0) is 16.3. The first kappa shape index (κ1) is 16.0. The fourth-order valence-corrected chi connectivity index (χ4v) is 2.40. The van der Waals surface area contributed by atoms with E-state index in [1.54, 1.807) is 13.8 Å². The Morgan fingerprint density at radius 1 is 1.32 bits per heavy atom. The molecule has 2 aromatic rings. The number of carbonyl (C=O) groups excluding carboxylic acids is 2. The molecule has 1 heterocycles. The van der Waals surface area contributed by atoms with Crippen molar-refractivity contribution in [1.29, 1.82) is 0 Å². The summed E-state index contributed by atoms with van der Waals surface area (Å²) in [6.45, 7) is 3.28. The lowest BCUT2D eigenvalue weighted by Crippen LogP contribution is -2.57. The van der Waals surface area contributed by atoms with Gasteiger partial charge in [-0.3, -0.25) is 9.59 Å². The van der Waals surface area contributed by atoms with E-state index in [0.717, 1.165) is 16.5 Å². The molecule has 6 nitrogen and oxygen atoms in total. The third-order valence-electron chi connectivity index (χ3n) is 3.68. The molecule has 5 N–H and O–H groups in total. The first-order chi connectivity index (χ1) is 10.3. The second-order valence-corrected chi connectivity index (χ2v) is 5.86. The lowest BCUT2D eigenvalue weighted by atomic mass is 10.0. The van der Waals surface area contributed by atoms with E-state index < -0.39 is 11.6 Å². The molecule has 0 bridgehead atoms. The van der Waals surface area contributed by atoms with Crippen LogP contribution in [0, 0.1) is 0 Å². The van der Waals surface area contributed by atoms with Crippen LogP contribution in [0.3, 0.4) is 0 Å². The molecule has 0 radical (unpaired) electrons. The van der Waals surface area contributed by atoms with Crippen molar-refractivity contribution in [3.63, 3.8) is 0 Å². The minimum Gasteiger partial charge on any atom is -0.361 e. The molecule has 1 aromatic heterocycles. The number of aromatic nitrogens is 1. The molecule has 6 heteroatoms. The molecular weight excluding hydrogens is 280 g/mol. The van der Waals surface area contributed by atoms with Crippen molar-refractivity contribution in [3.05, 3.63) is 36.0 Å². The number of fused-ring (bicyclic) bond motifs is 1. The summed E-state index contributed by atoms with van der Waals surface area (Å²) in [5.41, 5.74) is 6.99. The smallest absolute Gasteiger partial charge is 0.244 e. The van der Waals surface area contributed by atoms with Crippen LogP contribution in [0.5, 0.6) is 0 Å². The van der Waals surface area contributed by atoms with Crippen LogP contribution in [0.15, 0.2) is 30.5 Å². The van der Waals surface area contributed by atoms with Gasteiger partial charge in [0.1, 0.15) is 5.54 Å². The highest BCUT2D eigenvalue weighted by Crippen LogP contribution is 2.18. The van der Waals surface area contributed by atoms with E-state index in [1.807, 2.05) is 30.5 Å². The van der Waals surface area contributed by atoms with Crippen LogP contribution in [0.1, 0.15) is 19.4 Å². The van der Waals surface area contributed by atoms with E-state index in [-0.39, 0.29) is 11.8 Å². The minimum atomic E-state index is -0.996. The van der Waals surface area contributed by atoms with Gasteiger partial charge in [0.2, 0.25) is 11.8 Å². The molecule has 0 spiro atoms. The zero-order valence-corrected chi connectivity index (χ0v) is 13.1. The van der Waals surface area contributed by atoms with Crippen molar-refractivity contribution in [2.24, 2.45) is 5.73 Å². The van der Waals surface area contributed by atoms with Crippen LogP contribution in [-0.4, -0.2) is 35.4 Å². The SMILES string of the molecule is CNC(=O)C(C)(C)NC(=O)[C@H](N)Cc1c[nH]c2ccccc12. The van der Waals surface area contributed by atoms with Gasteiger partial charge in [-0.05, 0) is 31.9 Å². The monoisotopic (exact) mass is 302 g/mol. The summed E-state index contributed by atoms with van der Waals surface area (Å²) in [5, 5.41) is 6.25. The van der Waals surface area contributed by atoms with Gasteiger partial charge in [-0.1, -0.05) is 18.2 Å². The van der Waals surface area contributed by atoms with Crippen molar-refractivity contribution in [2.75, 3.05) is 7.05 Å². The number of hydrogen-bond donors (Lipinski definition) is 4. The van der Waals surface area contributed by atoms with Gasteiger partial charge < -0.3 is 21.4 Å². The van der Waals surface area contributed by atoms with Crippen LogP contribution in [0.2, 0.25) is 0 Å². The van der Waals surface area contributed by atoms with Gasteiger partial charge in [0.15, 0.2) is 0 Å². The molecule has 2 amide bonds. The number of rotatable bonds is 5. The normalized spacial score (nSPS) is 12.9. The molecule has 0 unspecified atom stereocenters. The first-order valence-electron chi connectivity index (χ1n) is 7.20. The maximum Gasteiger partial charge on any atom is 0.244 e. The number of carbonyl (C=O) groups is 2. The van der Waals surface area contributed by atoms with Gasteiger partial charge in [-0.2, -0.15) is 0 Å². The zero-order valence-electron chi connectivity index (χ0n) is 13.1. The topological polar surface area (TPSA) is 100 Å². The Balaban J connectivity index is 2.07. The van der Waals surface area contributed by atoms with Crippen LogP contribution in [0.25, 0.3) is 10.9 Å². The summed E-state index contributed by atoms with van der Waals surface area (Å²) in [5.74, 6) is -0.612. The van der Waals surface area contributed by atoms with Crippen molar-refractivity contribution in [3.8, 4) is 0 Å². The fourth-order valence-electron chi connectivity index (χ4n) is 2.40. The molecule has 0 aliphatic carbocycles. The second-order valence-electron chi connectivity index (χ2n) is 5.86. The van der Waals surface area contributed by atoms with Crippen molar-refractivity contribution in [1.82, 2.24) is 15.6 Å². The van der Waals surface area contributed by atoms with Crippen LogP contribution >= 0.6 is 0 Å². The number of nitrogens with two attached hydrogens (primary N) is 1. The van der Waals surface area contributed by atoms with Gasteiger partial charge in [0.25, 0.3) is 0 Å². The number of hydrogen-bond acceptors (Lipinski definition) is 3. The minimum absolute atomic E-state index is 0.264. The average molecular weight is 302 g/mol. The highest BCUT2D eigenvalue weighted by molar-refractivity contribution is 5.92. The first-order valence-corrected chi connectivity index (χ1v) is 7.20. The Bertz CT molecular complexity index is 690. The van der Waals surface area contributed by atoms with Crippen molar-refractivity contribution >= 4 is 22.7 Å². The van der Waals surface area contributed by atoms with E-state index in [9.17, 15) is 9.59 Å². The molecule has 0 fully saturated rings. The van der Waals surface area contributed by atoms with Crippen molar-refractivity contribution in [2.45, 2.75) is 31.8 Å². The predicted molar refractivity (Wildman–Crippen MR) is 86.3 cm³/mol. The van der Waals surface area contributed by atoms with Crippen LogP contribution < -0.4 is 16.4 Å². The summed E-state index contributed by atoms with van der Waals surface area (Å²) >= 11 is 0. The van der Waals surface area contributed by atoms with E-state index in [4.69, 9.17) is 5.73 Å². The summed E-state index contributed by atoms with van der Waals surface area (Å²) in [6.07, 6.45) is 2.27. The average Bonchev–Trinajstić information content (AvgIpc) is 2.89. The Labute approximate surface area is 129 Å². The highest BCUT2D eigenvalue weighted by Gasteiger charge is 2.30. The summed E-state index contributed by atoms with van der Waals surface area (Å²) in [7, 11) is 1.53. The summed E-state index contributed by atoms with van der Waals surface area (Å²) in [4.78, 5) is 27.1. The molecule has 0 aliphatic heterocycles.